The number of carboxylic acids is 1. The van der Waals surface area contributed by atoms with Gasteiger partial charge in [0.2, 0.25) is 0 Å². The van der Waals surface area contributed by atoms with Crippen LogP contribution in [0.2, 0.25) is 0 Å². The van der Waals surface area contributed by atoms with Crippen LogP contribution in [0.5, 0.6) is 0 Å². The van der Waals surface area contributed by atoms with Gasteiger partial charge in [-0.05, 0) is 31.0 Å². The summed E-state index contributed by atoms with van der Waals surface area (Å²) in [5, 5.41) is 10.0. The third-order valence-corrected chi connectivity index (χ3v) is 3.97. The number of rotatable bonds is 2. The number of amides is 1. The zero-order valence-corrected chi connectivity index (χ0v) is 14.2. The van der Waals surface area contributed by atoms with Gasteiger partial charge in [-0.15, -0.1) is 24.8 Å². The Bertz CT molecular complexity index is 736. The van der Waals surface area contributed by atoms with Gasteiger partial charge in [0.05, 0.1) is 11.4 Å². The Kier molecular flexibility index (Phi) is 6.36. The summed E-state index contributed by atoms with van der Waals surface area (Å²) in [4.78, 5) is 29.5. The second-order valence-corrected chi connectivity index (χ2v) is 5.42. The molecule has 1 amide bonds. The van der Waals surface area contributed by atoms with E-state index in [1.165, 1.54) is 0 Å². The number of benzene rings is 1. The fraction of sp³-hybridized carbons (Fsp3) is 0.312. The molecule has 1 aromatic carbocycles. The molecule has 1 aliphatic heterocycles. The first-order valence-corrected chi connectivity index (χ1v) is 6.95. The summed E-state index contributed by atoms with van der Waals surface area (Å²) in [6, 6.07) is 9.46. The molecule has 0 bridgehead atoms. The molecule has 2 aromatic rings. The molecule has 1 aliphatic rings. The van der Waals surface area contributed by atoms with E-state index in [0.29, 0.717) is 18.7 Å². The molecular weight excluding hydrogens is 339 g/mol. The number of carbonyl (C=O) groups excluding carboxylic acids is 1. The lowest BCUT2D eigenvalue weighted by molar-refractivity contribution is -0.141. The first-order valence-electron chi connectivity index (χ1n) is 6.95. The van der Waals surface area contributed by atoms with Gasteiger partial charge in [-0.1, -0.05) is 18.2 Å². The van der Waals surface area contributed by atoms with Gasteiger partial charge in [-0.3, -0.25) is 9.59 Å². The monoisotopic (exact) mass is 356 g/mol. The summed E-state index contributed by atoms with van der Waals surface area (Å²) in [6.07, 6.45) is 0.508. The Morgan fingerprint density at radius 1 is 1.26 bits per heavy atom. The normalized spacial score (nSPS) is 16.6. The summed E-state index contributed by atoms with van der Waals surface area (Å²) in [7, 11) is 0. The van der Waals surface area contributed by atoms with E-state index in [9.17, 15) is 9.59 Å². The largest absolute Gasteiger partial charge is 0.481 e. The molecule has 0 radical (unpaired) electrons. The van der Waals surface area contributed by atoms with Gasteiger partial charge in [-0.2, -0.15) is 0 Å². The molecule has 5 nitrogen and oxygen atoms in total. The van der Waals surface area contributed by atoms with E-state index in [1.807, 2.05) is 31.2 Å². The Morgan fingerprint density at radius 2 is 1.96 bits per heavy atom. The number of aryl methyl sites for hydroxylation is 1. The van der Waals surface area contributed by atoms with E-state index in [2.05, 4.69) is 4.98 Å². The van der Waals surface area contributed by atoms with Crippen LogP contribution in [0.15, 0.2) is 30.3 Å². The topological polar surface area (TPSA) is 70.5 Å². The summed E-state index contributed by atoms with van der Waals surface area (Å²) in [5.41, 5.74) is 2.17. The fourth-order valence-corrected chi connectivity index (χ4v) is 2.77. The molecule has 2 heterocycles. The predicted octanol–water partition coefficient (Wildman–Crippen LogP) is 2.93. The number of aliphatic carboxylic acids is 1. The van der Waals surface area contributed by atoms with Crippen LogP contribution in [0.3, 0.4) is 0 Å². The standard InChI is InChI=1S/C16H16N2O3.2ClH/c1-10-8-14(17-13-5-3-2-4-12(10)13)15(19)18-7-6-11(9-18)16(20)21;;/h2-5,8,11H,6-7,9H2,1H3,(H,20,21);2*1H. The molecule has 1 atom stereocenters. The SMILES string of the molecule is Cc1cc(C(=O)N2CCC(C(=O)O)C2)nc2ccccc12.Cl.Cl. The van der Waals surface area contributed by atoms with Crippen molar-refractivity contribution in [3.63, 3.8) is 0 Å². The number of fused-ring (bicyclic) bond motifs is 1. The predicted molar refractivity (Wildman–Crippen MR) is 92.6 cm³/mol. The number of nitrogens with zero attached hydrogens (tertiary/aromatic N) is 2. The van der Waals surface area contributed by atoms with Crippen LogP contribution in [0.4, 0.5) is 0 Å². The van der Waals surface area contributed by atoms with E-state index in [-0.39, 0.29) is 37.3 Å². The first-order chi connectivity index (χ1) is 10.1. The number of para-hydroxylation sites is 1. The second kappa shape index (κ2) is 7.62. The van der Waals surface area contributed by atoms with Crippen molar-refractivity contribution in [1.29, 1.82) is 0 Å². The van der Waals surface area contributed by atoms with Gasteiger partial charge in [0.25, 0.3) is 5.91 Å². The van der Waals surface area contributed by atoms with Gasteiger partial charge in [0.1, 0.15) is 5.69 Å². The van der Waals surface area contributed by atoms with E-state index in [4.69, 9.17) is 5.11 Å². The van der Waals surface area contributed by atoms with Crippen LogP contribution < -0.4 is 0 Å². The minimum atomic E-state index is -0.840. The maximum Gasteiger partial charge on any atom is 0.308 e. The van der Waals surface area contributed by atoms with Gasteiger partial charge < -0.3 is 10.0 Å². The van der Waals surface area contributed by atoms with Crippen molar-refractivity contribution in [3.8, 4) is 0 Å². The first kappa shape index (κ1) is 19.2. The number of hydrogen-bond acceptors (Lipinski definition) is 3. The summed E-state index contributed by atoms with van der Waals surface area (Å²) in [6.45, 7) is 2.69. The molecular formula is C16H18Cl2N2O3. The highest BCUT2D eigenvalue weighted by molar-refractivity contribution is 5.96. The molecule has 1 saturated heterocycles. The third kappa shape index (κ3) is 3.74. The van der Waals surface area contributed by atoms with Crippen molar-refractivity contribution in [2.75, 3.05) is 13.1 Å². The van der Waals surface area contributed by atoms with Crippen molar-refractivity contribution in [2.24, 2.45) is 5.92 Å². The van der Waals surface area contributed by atoms with Crippen LogP contribution in [0.1, 0.15) is 22.5 Å². The maximum atomic E-state index is 12.5. The molecule has 3 rings (SSSR count). The third-order valence-electron chi connectivity index (χ3n) is 3.97. The lowest BCUT2D eigenvalue weighted by Gasteiger charge is -2.16. The number of carbonyl (C=O) groups is 2. The Balaban J connectivity index is 0.00000132. The molecule has 1 N–H and O–H groups in total. The minimum Gasteiger partial charge on any atom is -0.481 e. The van der Waals surface area contributed by atoms with Crippen molar-refractivity contribution in [2.45, 2.75) is 13.3 Å². The van der Waals surface area contributed by atoms with Crippen molar-refractivity contribution in [3.05, 3.63) is 41.6 Å². The second-order valence-electron chi connectivity index (χ2n) is 5.42. The van der Waals surface area contributed by atoms with Crippen LogP contribution in [0, 0.1) is 12.8 Å². The Morgan fingerprint density at radius 3 is 2.61 bits per heavy atom. The van der Waals surface area contributed by atoms with E-state index in [1.54, 1.807) is 11.0 Å². The molecule has 0 aliphatic carbocycles. The van der Waals surface area contributed by atoms with Gasteiger partial charge in [0, 0.05) is 18.5 Å². The molecule has 23 heavy (non-hydrogen) atoms. The maximum absolute atomic E-state index is 12.5. The molecule has 124 valence electrons. The number of likely N-dealkylation sites (tertiary alicyclic amines) is 1. The van der Waals surface area contributed by atoms with Gasteiger partial charge in [-0.25, -0.2) is 4.98 Å². The zero-order valence-electron chi connectivity index (χ0n) is 12.6. The van der Waals surface area contributed by atoms with Gasteiger partial charge >= 0.3 is 5.97 Å². The van der Waals surface area contributed by atoms with Crippen molar-refractivity contribution in [1.82, 2.24) is 9.88 Å². The molecule has 7 heteroatoms. The molecule has 1 fully saturated rings. The van der Waals surface area contributed by atoms with E-state index >= 15 is 0 Å². The molecule has 0 spiro atoms. The Labute approximate surface area is 146 Å². The number of aromatic nitrogens is 1. The summed E-state index contributed by atoms with van der Waals surface area (Å²) in [5.74, 6) is -1.49. The van der Waals surface area contributed by atoms with Crippen LogP contribution in [-0.4, -0.2) is 40.0 Å². The number of hydrogen-bond donors (Lipinski definition) is 1. The average Bonchev–Trinajstić information content (AvgIpc) is 2.96. The number of pyridine rings is 1. The summed E-state index contributed by atoms with van der Waals surface area (Å²) >= 11 is 0. The summed E-state index contributed by atoms with van der Waals surface area (Å²) < 4.78 is 0. The zero-order chi connectivity index (χ0) is 15.0. The Hall–Kier alpha value is -1.85. The average molecular weight is 357 g/mol. The lowest BCUT2D eigenvalue weighted by atomic mass is 10.1. The van der Waals surface area contributed by atoms with Crippen molar-refractivity contribution < 1.29 is 14.7 Å². The molecule has 0 saturated carbocycles. The highest BCUT2D eigenvalue weighted by Gasteiger charge is 2.31. The number of halogens is 2. The lowest BCUT2D eigenvalue weighted by Crippen LogP contribution is -2.30. The molecule has 1 unspecified atom stereocenters. The number of carboxylic acid groups (broad SMARTS) is 1. The highest BCUT2D eigenvalue weighted by atomic mass is 35.5. The van der Waals surface area contributed by atoms with E-state index < -0.39 is 11.9 Å². The quantitative estimate of drug-likeness (QED) is 0.897. The smallest absolute Gasteiger partial charge is 0.308 e. The van der Waals surface area contributed by atoms with Crippen LogP contribution >= 0.6 is 24.8 Å². The minimum absolute atomic E-state index is 0. The van der Waals surface area contributed by atoms with Crippen molar-refractivity contribution >= 4 is 47.6 Å². The molecule has 1 aromatic heterocycles. The van der Waals surface area contributed by atoms with E-state index in [0.717, 1.165) is 16.5 Å². The fourth-order valence-electron chi connectivity index (χ4n) is 2.77. The highest BCUT2D eigenvalue weighted by Crippen LogP contribution is 2.21. The van der Waals surface area contributed by atoms with Gasteiger partial charge in [0.15, 0.2) is 0 Å². The van der Waals surface area contributed by atoms with Crippen LogP contribution in [0.25, 0.3) is 10.9 Å². The van der Waals surface area contributed by atoms with Crippen LogP contribution in [-0.2, 0) is 4.79 Å².